The summed E-state index contributed by atoms with van der Waals surface area (Å²) >= 11 is 0. The summed E-state index contributed by atoms with van der Waals surface area (Å²) in [6.45, 7) is 12.8. The summed E-state index contributed by atoms with van der Waals surface area (Å²) in [7, 11) is 3.51. The molecule has 310 valence electrons. The predicted octanol–water partition coefficient (Wildman–Crippen LogP) is 2.80. The number of aliphatic hydroxyl groups excluding tert-OH is 1. The number of carbonyl (C=O) groups is 4. The minimum absolute atomic E-state index is 0.106. The second kappa shape index (κ2) is 17.0. The van der Waals surface area contributed by atoms with Gasteiger partial charge in [-0.1, -0.05) is 11.1 Å². The summed E-state index contributed by atoms with van der Waals surface area (Å²) < 4.78 is 16.6. The first-order valence-electron chi connectivity index (χ1n) is 19.3. The number of hydrogen-bond donors (Lipinski definition) is 3. The summed E-state index contributed by atoms with van der Waals surface area (Å²) in [5.74, 6) is -1.93. The fourth-order valence-electron chi connectivity index (χ4n) is 7.11. The number of primary amides is 2. The van der Waals surface area contributed by atoms with Crippen LogP contribution in [0, 0.1) is 13.8 Å². The summed E-state index contributed by atoms with van der Waals surface area (Å²) in [5.41, 5.74) is 18.7. The number of fused-ring (bicyclic) bond motifs is 2. The minimum atomic E-state index is -0.667. The maximum absolute atomic E-state index is 13.9. The lowest BCUT2D eigenvalue weighted by atomic mass is 10.1. The van der Waals surface area contributed by atoms with Crippen LogP contribution in [0.2, 0.25) is 0 Å². The smallest absolute Gasteiger partial charge is 0.298 e. The number of aryl methyl sites for hydroxylation is 6. The molecule has 0 aliphatic rings. The number of hydrogen-bond acceptors (Lipinski definition) is 8. The molecule has 0 atom stereocenters. The molecule has 0 aliphatic carbocycles. The second-order valence-electron chi connectivity index (χ2n) is 14.5. The van der Waals surface area contributed by atoms with Gasteiger partial charge < -0.3 is 39.6 Å². The van der Waals surface area contributed by atoms with Gasteiger partial charge in [0.2, 0.25) is 23.1 Å². The number of aliphatic hydroxyl groups is 1. The van der Waals surface area contributed by atoms with Crippen LogP contribution in [0.25, 0.3) is 22.1 Å². The van der Waals surface area contributed by atoms with E-state index in [2.05, 4.69) is 20.2 Å². The normalized spacial score (nSPS) is 12.8. The average Bonchev–Trinajstić information content (AvgIpc) is 3.93. The lowest BCUT2D eigenvalue weighted by Gasteiger charge is -2.14. The number of imidazole rings is 2. The third-order valence-corrected chi connectivity index (χ3v) is 10.3. The van der Waals surface area contributed by atoms with Crippen LogP contribution < -0.4 is 27.4 Å². The number of allylic oxidation sites excluding steroid dienone is 2. The molecule has 6 aromatic rings. The molecule has 4 heterocycles. The molecule has 4 amide bonds. The highest BCUT2D eigenvalue weighted by Crippen LogP contribution is 2.29. The van der Waals surface area contributed by atoms with Gasteiger partial charge in [0.15, 0.2) is 0 Å². The molecule has 18 nitrogen and oxygen atoms in total. The lowest BCUT2D eigenvalue weighted by Crippen LogP contribution is -2.28. The topological polar surface area (TPSA) is 230 Å². The van der Waals surface area contributed by atoms with Crippen LogP contribution in [0.15, 0.2) is 63.6 Å². The van der Waals surface area contributed by atoms with Crippen LogP contribution >= 0.6 is 0 Å². The van der Waals surface area contributed by atoms with Crippen LogP contribution in [-0.4, -0.2) is 79.8 Å². The Labute approximate surface area is 339 Å². The van der Waals surface area contributed by atoms with E-state index in [1.165, 1.54) is 0 Å². The Hall–Kier alpha value is -6.82. The SMILES string of the molecule is CCn1nc(C)cc1C(=O)/N=c1\n(C)c2cc(C(N)=O)ccc2n1C/C(C)=C(\C)Cn1/c(=N/C(=O)c2cc(C)nn2CC)n(C)c2cc(C(N)=O)cc(OCCCO)c21. The zero-order chi connectivity index (χ0) is 42.9. The van der Waals surface area contributed by atoms with E-state index in [1.54, 1.807) is 82.0 Å². The van der Waals surface area contributed by atoms with E-state index in [0.29, 0.717) is 81.3 Å². The maximum Gasteiger partial charge on any atom is 0.298 e. The van der Waals surface area contributed by atoms with Gasteiger partial charge in [0.1, 0.15) is 22.7 Å². The third kappa shape index (κ3) is 8.16. The Balaban J connectivity index is 1.55. The van der Waals surface area contributed by atoms with Crippen molar-refractivity contribution in [3.05, 3.63) is 98.7 Å². The zero-order valence-electron chi connectivity index (χ0n) is 34.6. The fourth-order valence-corrected chi connectivity index (χ4v) is 7.11. The predicted molar refractivity (Wildman–Crippen MR) is 219 cm³/mol. The van der Waals surface area contributed by atoms with Gasteiger partial charge in [0, 0.05) is 64.4 Å². The second-order valence-corrected chi connectivity index (χ2v) is 14.5. The van der Waals surface area contributed by atoms with Crippen molar-refractivity contribution in [1.29, 1.82) is 0 Å². The average molecular weight is 807 g/mol. The number of benzene rings is 2. The maximum atomic E-state index is 13.9. The van der Waals surface area contributed by atoms with Crippen molar-refractivity contribution < 1.29 is 29.0 Å². The Kier molecular flexibility index (Phi) is 12.0. The molecule has 0 spiro atoms. The Morgan fingerprint density at radius 1 is 0.712 bits per heavy atom. The highest BCUT2D eigenvalue weighted by Gasteiger charge is 2.22. The van der Waals surface area contributed by atoms with Gasteiger partial charge >= 0.3 is 0 Å². The summed E-state index contributed by atoms with van der Waals surface area (Å²) in [6.07, 6.45) is 0.336. The molecule has 0 bridgehead atoms. The Bertz CT molecular complexity index is 2840. The molecule has 0 aliphatic heterocycles. The molecule has 0 saturated heterocycles. The number of rotatable bonds is 14. The number of nitrogens with zero attached hydrogens (tertiary/aromatic N) is 10. The van der Waals surface area contributed by atoms with Gasteiger partial charge in [-0.25, -0.2) is 0 Å². The molecule has 4 aromatic heterocycles. The lowest BCUT2D eigenvalue weighted by molar-refractivity contribution is 0.0977. The third-order valence-electron chi connectivity index (χ3n) is 10.3. The van der Waals surface area contributed by atoms with Crippen LogP contribution in [0.4, 0.5) is 0 Å². The van der Waals surface area contributed by atoms with E-state index < -0.39 is 23.6 Å². The molecule has 18 heteroatoms. The van der Waals surface area contributed by atoms with Crippen molar-refractivity contribution in [3.8, 4) is 5.75 Å². The van der Waals surface area contributed by atoms with Crippen molar-refractivity contribution in [2.45, 2.75) is 74.1 Å². The molecule has 5 N–H and O–H groups in total. The summed E-state index contributed by atoms with van der Waals surface area (Å²) in [5, 5.41) is 18.4. The first-order valence-corrected chi connectivity index (χ1v) is 19.3. The Morgan fingerprint density at radius 3 is 1.75 bits per heavy atom. The highest BCUT2D eigenvalue weighted by molar-refractivity contribution is 5.99. The molecular weight excluding hydrogens is 757 g/mol. The van der Waals surface area contributed by atoms with E-state index in [4.69, 9.17) is 16.2 Å². The standard InChI is InChI=1S/C41H50N12O6/c1-9-52-32(16-25(5)46-52)38(57)44-40-48(7)30-18-27(36(42)55)12-13-29(30)50(40)21-23(3)24(4)22-51-35-31(19-28(37(43)56)20-34(35)59-15-11-14-54)49(8)41(51)45-39(58)33-17-26(6)47-53(33)10-2/h12-13,16-20,54H,9-11,14-15,21-22H2,1-8H3,(H2,42,55)(H2,43,56)/b24-23+,44-40+,45-41+. The van der Waals surface area contributed by atoms with Crippen LogP contribution in [-0.2, 0) is 40.3 Å². The van der Waals surface area contributed by atoms with Crippen molar-refractivity contribution in [1.82, 2.24) is 37.8 Å². The first kappa shape index (κ1) is 41.8. The van der Waals surface area contributed by atoms with E-state index in [1.807, 2.05) is 43.8 Å². The van der Waals surface area contributed by atoms with E-state index >= 15 is 0 Å². The van der Waals surface area contributed by atoms with Crippen molar-refractivity contribution >= 4 is 45.7 Å². The van der Waals surface area contributed by atoms with Crippen molar-refractivity contribution in [2.75, 3.05) is 13.2 Å². The van der Waals surface area contributed by atoms with Crippen molar-refractivity contribution in [2.24, 2.45) is 35.5 Å². The molecule has 59 heavy (non-hydrogen) atoms. The van der Waals surface area contributed by atoms with Crippen molar-refractivity contribution in [3.63, 3.8) is 0 Å². The van der Waals surface area contributed by atoms with Gasteiger partial charge in [-0.05, 0) is 84.0 Å². The largest absolute Gasteiger partial charge is 0.491 e. The molecular formula is C41H50N12O6. The number of nitrogens with two attached hydrogens (primary N) is 2. The summed E-state index contributed by atoms with van der Waals surface area (Å²) in [6, 6.07) is 11.6. The van der Waals surface area contributed by atoms with Gasteiger partial charge in [-0.2, -0.15) is 20.2 Å². The minimum Gasteiger partial charge on any atom is -0.491 e. The van der Waals surface area contributed by atoms with Gasteiger partial charge in [0.25, 0.3) is 11.8 Å². The molecule has 2 aromatic carbocycles. The number of ether oxygens (including phenoxy) is 1. The van der Waals surface area contributed by atoms with Crippen LogP contribution in [0.1, 0.15) is 87.2 Å². The molecule has 0 fully saturated rings. The van der Waals surface area contributed by atoms with Gasteiger partial charge in [-0.15, -0.1) is 0 Å². The van der Waals surface area contributed by atoms with Gasteiger partial charge in [0.05, 0.1) is 34.5 Å². The fraction of sp³-hybridized carbons (Fsp3) is 0.366. The van der Waals surface area contributed by atoms with E-state index in [9.17, 15) is 24.3 Å². The van der Waals surface area contributed by atoms with Gasteiger partial charge in [-0.3, -0.25) is 28.5 Å². The molecule has 0 unspecified atom stereocenters. The van der Waals surface area contributed by atoms with Crippen LogP contribution in [0.3, 0.4) is 0 Å². The van der Waals surface area contributed by atoms with E-state index in [-0.39, 0.29) is 37.5 Å². The van der Waals surface area contributed by atoms with Crippen LogP contribution in [0.5, 0.6) is 5.75 Å². The Morgan fingerprint density at radius 2 is 1.22 bits per heavy atom. The molecule has 0 saturated carbocycles. The zero-order valence-corrected chi connectivity index (χ0v) is 34.6. The molecule has 6 rings (SSSR count). The quantitative estimate of drug-likeness (QED) is 0.109. The summed E-state index contributed by atoms with van der Waals surface area (Å²) in [4.78, 5) is 61.7. The molecule has 0 radical (unpaired) electrons. The van der Waals surface area contributed by atoms with E-state index in [0.717, 1.165) is 11.1 Å². The number of amides is 4. The monoisotopic (exact) mass is 806 g/mol. The number of carbonyl (C=O) groups excluding carboxylic acids is 4. The first-order chi connectivity index (χ1) is 28.1. The highest BCUT2D eigenvalue weighted by atomic mass is 16.5. The number of aromatic nitrogens is 8.